The average molecular weight is 188 g/mol. The summed E-state index contributed by atoms with van der Waals surface area (Å²) in [5, 5.41) is 2.85. The van der Waals surface area contributed by atoms with Crippen LogP contribution in [0.4, 0.5) is 6.01 Å². The fourth-order valence-corrected chi connectivity index (χ4v) is 1.25. The van der Waals surface area contributed by atoms with Gasteiger partial charge >= 0.3 is 0 Å². The Bertz CT molecular complexity index is 417. The number of nitrogens with zero attached hydrogens (tertiary/aromatic N) is 1. The van der Waals surface area contributed by atoms with Crippen LogP contribution in [0.25, 0.3) is 11.3 Å². The van der Waals surface area contributed by atoms with Crippen LogP contribution in [0.3, 0.4) is 0 Å². The predicted molar refractivity (Wildman–Crippen MR) is 56.2 cm³/mol. The number of nitrogens with one attached hydrogen (secondary N) is 1. The van der Waals surface area contributed by atoms with E-state index >= 15 is 0 Å². The van der Waals surface area contributed by atoms with Crippen molar-refractivity contribution in [3.8, 4) is 11.3 Å². The van der Waals surface area contributed by atoms with E-state index < -0.39 is 0 Å². The summed E-state index contributed by atoms with van der Waals surface area (Å²) in [4.78, 5) is 4.25. The molecule has 0 amide bonds. The summed E-state index contributed by atoms with van der Waals surface area (Å²) in [6.45, 7) is 2.06. The molecule has 0 unspecified atom stereocenters. The summed E-state index contributed by atoms with van der Waals surface area (Å²) < 4.78 is 5.18. The van der Waals surface area contributed by atoms with E-state index in [1.807, 2.05) is 12.1 Å². The highest BCUT2D eigenvalue weighted by atomic mass is 16.4. The van der Waals surface area contributed by atoms with Crippen LogP contribution in [0.15, 0.2) is 34.9 Å². The van der Waals surface area contributed by atoms with Gasteiger partial charge in [0.05, 0.1) is 0 Å². The molecule has 0 saturated heterocycles. The smallest absolute Gasteiger partial charge is 0.294 e. The highest BCUT2D eigenvalue weighted by molar-refractivity contribution is 5.59. The average Bonchev–Trinajstić information content (AvgIpc) is 2.67. The standard InChI is InChI=1S/C11H12N2O/c1-8-3-5-9(6-4-8)10-7-14-11(12-2)13-10/h3-7H,1-2H3,(H,12,13). The maximum atomic E-state index is 5.18. The zero-order chi connectivity index (χ0) is 9.97. The Kier molecular flexibility index (Phi) is 2.23. The minimum absolute atomic E-state index is 0.542. The number of aromatic nitrogens is 1. The van der Waals surface area contributed by atoms with E-state index in [2.05, 4.69) is 29.4 Å². The first-order valence-electron chi connectivity index (χ1n) is 4.50. The Labute approximate surface area is 82.8 Å². The van der Waals surface area contributed by atoms with Crippen molar-refractivity contribution in [2.24, 2.45) is 0 Å². The highest BCUT2D eigenvalue weighted by Crippen LogP contribution is 2.20. The zero-order valence-corrected chi connectivity index (χ0v) is 8.24. The van der Waals surface area contributed by atoms with Gasteiger partial charge in [-0.05, 0) is 6.92 Å². The van der Waals surface area contributed by atoms with Crippen molar-refractivity contribution in [1.29, 1.82) is 0 Å². The van der Waals surface area contributed by atoms with E-state index in [-0.39, 0.29) is 0 Å². The Morgan fingerprint density at radius 1 is 1.21 bits per heavy atom. The Balaban J connectivity index is 2.34. The van der Waals surface area contributed by atoms with Gasteiger partial charge in [0.2, 0.25) is 0 Å². The van der Waals surface area contributed by atoms with Crippen molar-refractivity contribution in [2.45, 2.75) is 6.92 Å². The molecule has 2 rings (SSSR count). The van der Waals surface area contributed by atoms with Gasteiger partial charge in [-0.25, -0.2) is 0 Å². The van der Waals surface area contributed by atoms with Crippen molar-refractivity contribution >= 4 is 6.01 Å². The van der Waals surface area contributed by atoms with Crippen molar-refractivity contribution in [1.82, 2.24) is 4.98 Å². The molecule has 2 aromatic rings. The first kappa shape index (κ1) is 8.81. The molecule has 0 aliphatic rings. The predicted octanol–water partition coefficient (Wildman–Crippen LogP) is 2.69. The van der Waals surface area contributed by atoms with Crippen LogP contribution in [0.1, 0.15) is 5.56 Å². The molecule has 0 saturated carbocycles. The van der Waals surface area contributed by atoms with E-state index in [0.29, 0.717) is 6.01 Å². The van der Waals surface area contributed by atoms with Gasteiger partial charge in [-0.15, -0.1) is 0 Å². The van der Waals surface area contributed by atoms with E-state index in [9.17, 15) is 0 Å². The van der Waals surface area contributed by atoms with Crippen LogP contribution < -0.4 is 5.32 Å². The molecular formula is C11H12N2O. The second kappa shape index (κ2) is 3.54. The first-order valence-corrected chi connectivity index (χ1v) is 4.50. The first-order chi connectivity index (χ1) is 6.79. The minimum Gasteiger partial charge on any atom is -0.432 e. The largest absolute Gasteiger partial charge is 0.432 e. The molecule has 0 radical (unpaired) electrons. The van der Waals surface area contributed by atoms with Gasteiger partial charge in [-0.1, -0.05) is 29.8 Å². The third kappa shape index (κ3) is 1.62. The molecule has 1 N–H and O–H groups in total. The highest BCUT2D eigenvalue weighted by Gasteiger charge is 2.03. The minimum atomic E-state index is 0.542. The number of oxazole rings is 1. The number of benzene rings is 1. The lowest BCUT2D eigenvalue weighted by molar-refractivity contribution is 0.576. The van der Waals surface area contributed by atoms with Gasteiger partial charge in [-0.3, -0.25) is 0 Å². The van der Waals surface area contributed by atoms with Crippen molar-refractivity contribution in [3.63, 3.8) is 0 Å². The summed E-state index contributed by atoms with van der Waals surface area (Å²) in [5.41, 5.74) is 3.17. The number of rotatable bonds is 2. The molecule has 72 valence electrons. The van der Waals surface area contributed by atoms with Gasteiger partial charge in [-0.2, -0.15) is 4.98 Å². The van der Waals surface area contributed by atoms with Crippen molar-refractivity contribution in [2.75, 3.05) is 12.4 Å². The SMILES string of the molecule is CNc1nc(-c2ccc(C)cc2)co1. The lowest BCUT2D eigenvalue weighted by Gasteiger charge is -1.95. The Morgan fingerprint density at radius 3 is 2.50 bits per heavy atom. The monoisotopic (exact) mass is 188 g/mol. The third-order valence-electron chi connectivity index (χ3n) is 2.07. The van der Waals surface area contributed by atoms with Crippen LogP contribution in [-0.4, -0.2) is 12.0 Å². The summed E-state index contributed by atoms with van der Waals surface area (Å²) in [7, 11) is 1.78. The normalized spacial score (nSPS) is 10.1. The van der Waals surface area contributed by atoms with Gasteiger partial charge in [0.1, 0.15) is 12.0 Å². The molecule has 0 spiro atoms. The molecule has 1 aromatic carbocycles. The molecule has 1 aromatic heterocycles. The molecule has 0 atom stereocenters. The molecule has 3 nitrogen and oxygen atoms in total. The van der Waals surface area contributed by atoms with E-state index in [1.165, 1.54) is 5.56 Å². The fourth-order valence-electron chi connectivity index (χ4n) is 1.25. The molecule has 0 fully saturated rings. The van der Waals surface area contributed by atoms with E-state index in [0.717, 1.165) is 11.3 Å². The molecule has 14 heavy (non-hydrogen) atoms. The quantitative estimate of drug-likeness (QED) is 0.787. The maximum absolute atomic E-state index is 5.18. The second-order valence-corrected chi connectivity index (χ2v) is 3.15. The molecular weight excluding hydrogens is 176 g/mol. The Hall–Kier alpha value is -1.77. The lowest BCUT2D eigenvalue weighted by atomic mass is 10.1. The number of anilines is 1. The van der Waals surface area contributed by atoms with E-state index in [4.69, 9.17) is 4.42 Å². The van der Waals surface area contributed by atoms with Gasteiger partial charge in [0, 0.05) is 12.6 Å². The summed E-state index contributed by atoms with van der Waals surface area (Å²) in [6.07, 6.45) is 1.65. The van der Waals surface area contributed by atoms with Gasteiger partial charge in [0.15, 0.2) is 0 Å². The van der Waals surface area contributed by atoms with Crippen LogP contribution in [-0.2, 0) is 0 Å². The molecule has 0 aliphatic heterocycles. The summed E-state index contributed by atoms with van der Waals surface area (Å²) in [5.74, 6) is 0. The summed E-state index contributed by atoms with van der Waals surface area (Å²) in [6, 6.07) is 8.73. The maximum Gasteiger partial charge on any atom is 0.294 e. The van der Waals surface area contributed by atoms with Crippen LogP contribution in [0.5, 0.6) is 0 Å². The van der Waals surface area contributed by atoms with Crippen LogP contribution in [0.2, 0.25) is 0 Å². The molecule has 1 heterocycles. The number of hydrogen-bond acceptors (Lipinski definition) is 3. The lowest BCUT2D eigenvalue weighted by Crippen LogP contribution is -1.86. The van der Waals surface area contributed by atoms with Crippen LogP contribution >= 0.6 is 0 Å². The fraction of sp³-hybridized carbons (Fsp3) is 0.182. The van der Waals surface area contributed by atoms with E-state index in [1.54, 1.807) is 13.3 Å². The second-order valence-electron chi connectivity index (χ2n) is 3.15. The molecule has 0 bridgehead atoms. The van der Waals surface area contributed by atoms with Crippen LogP contribution in [0, 0.1) is 6.92 Å². The van der Waals surface area contributed by atoms with Gasteiger partial charge in [0.25, 0.3) is 6.01 Å². The van der Waals surface area contributed by atoms with Crippen molar-refractivity contribution < 1.29 is 4.42 Å². The van der Waals surface area contributed by atoms with Crippen molar-refractivity contribution in [3.05, 3.63) is 36.1 Å². The number of aryl methyl sites for hydroxylation is 1. The summed E-state index contributed by atoms with van der Waals surface area (Å²) >= 11 is 0. The van der Waals surface area contributed by atoms with Gasteiger partial charge < -0.3 is 9.73 Å². The molecule has 3 heteroatoms. The molecule has 0 aliphatic carbocycles. The topological polar surface area (TPSA) is 38.1 Å². The number of hydrogen-bond donors (Lipinski definition) is 1. The Morgan fingerprint density at radius 2 is 1.93 bits per heavy atom. The third-order valence-corrected chi connectivity index (χ3v) is 2.07. The zero-order valence-electron chi connectivity index (χ0n) is 8.24.